The molecule has 1 aromatic heterocycles. The molecule has 9 heteroatoms. The first kappa shape index (κ1) is 15.5. The molecule has 1 aromatic carbocycles. The Labute approximate surface area is 126 Å². The topological polar surface area (TPSA) is 75.9 Å². The first-order chi connectivity index (χ1) is 9.81. The molecule has 0 saturated carbocycles. The van der Waals surface area contributed by atoms with Crippen molar-refractivity contribution in [3.05, 3.63) is 40.1 Å². The number of alkyl halides is 3. The summed E-state index contributed by atoms with van der Waals surface area (Å²) in [5, 5.41) is 2.82. The number of hydrogen-bond donors (Lipinski definition) is 3. The lowest BCUT2D eigenvalue weighted by molar-refractivity contribution is -0.144. The van der Waals surface area contributed by atoms with Crippen LogP contribution in [0.5, 0.6) is 0 Å². The third-order valence-corrected chi connectivity index (χ3v) is 3.52. The molecule has 0 bridgehead atoms. The van der Waals surface area contributed by atoms with Gasteiger partial charge in [0.1, 0.15) is 11.6 Å². The van der Waals surface area contributed by atoms with Gasteiger partial charge in [-0.15, -0.1) is 0 Å². The lowest BCUT2D eigenvalue weighted by Crippen LogP contribution is -2.16. The van der Waals surface area contributed by atoms with Crippen molar-refractivity contribution < 1.29 is 13.2 Å². The van der Waals surface area contributed by atoms with Crippen LogP contribution in [0.25, 0.3) is 0 Å². The maximum Gasteiger partial charge on any atom is 0.451 e. The zero-order valence-electron chi connectivity index (χ0n) is 10.8. The molecule has 0 atom stereocenters. The Kier molecular flexibility index (Phi) is 4.33. The van der Waals surface area contributed by atoms with E-state index in [9.17, 15) is 13.2 Å². The predicted molar refractivity (Wildman–Crippen MR) is 77.0 cm³/mol. The minimum Gasteiger partial charge on any atom is -0.340 e. The van der Waals surface area contributed by atoms with E-state index < -0.39 is 12.0 Å². The Morgan fingerprint density at radius 3 is 2.48 bits per heavy atom. The highest BCUT2D eigenvalue weighted by Gasteiger charge is 2.35. The predicted octanol–water partition coefficient (Wildman–Crippen LogP) is 3.60. The van der Waals surface area contributed by atoms with Gasteiger partial charge in [0, 0.05) is 16.2 Å². The molecular formula is C12H11BrF3N5. The molecule has 0 fully saturated rings. The second-order valence-corrected chi connectivity index (χ2v) is 5.00. The van der Waals surface area contributed by atoms with Gasteiger partial charge in [0.05, 0.1) is 0 Å². The Hall–Kier alpha value is -1.87. The van der Waals surface area contributed by atoms with Crippen LogP contribution in [-0.4, -0.2) is 9.97 Å². The van der Waals surface area contributed by atoms with Crippen LogP contribution in [0, 0.1) is 6.92 Å². The molecule has 2 aromatic rings. The number of halogens is 4. The maximum atomic E-state index is 12.7. The standard InChI is InChI=1S/C12H11BrF3N5/c1-6-7(13)3-2-4-8(6)18-9-5-10(21-17)20-11(19-9)12(14,15)16/h2-5H,17H2,1H3,(H2,18,19,20,21). The van der Waals surface area contributed by atoms with Crippen molar-refractivity contribution in [1.29, 1.82) is 0 Å². The van der Waals surface area contributed by atoms with Crippen molar-refractivity contribution in [2.24, 2.45) is 5.84 Å². The van der Waals surface area contributed by atoms with E-state index in [-0.39, 0.29) is 11.6 Å². The molecule has 0 spiro atoms. The largest absolute Gasteiger partial charge is 0.451 e. The van der Waals surface area contributed by atoms with Gasteiger partial charge in [0.15, 0.2) is 0 Å². The molecule has 0 unspecified atom stereocenters. The molecule has 0 amide bonds. The second-order valence-electron chi connectivity index (χ2n) is 4.14. The van der Waals surface area contributed by atoms with Crippen LogP contribution in [0.4, 0.5) is 30.5 Å². The lowest BCUT2D eigenvalue weighted by Gasteiger charge is -2.13. The molecule has 5 nitrogen and oxygen atoms in total. The lowest BCUT2D eigenvalue weighted by atomic mass is 10.2. The van der Waals surface area contributed by atoms with Crippen LogP contribution < -0.4 is 16.6 Å². The molecule has 0 aliphatic carbocycles. The minimum atomic E-state index is -4.66. The van der Waals surface area contributed by atoms with E-state index in [1.807, 2.05) is 13.0 Å². The van der Waals surface area contributed by atoms with E-state index in [0.717, 1.165) is 10.0 Å². The average Bonchev–Trinajstić information content (AvgIpc) is 2.42. The number of hydrazine groups is 1. The molecule has 0 aliphatic heterocycles. The Morgan fingerprint density at radius 1 is 1.19 bits per heavy atom. The second kappa shape index (κ2) is 5.86. The summed E-state index contributed by atoms with van der Waals surface area (Å²) < 4.78 is 39.0. The number of benzene rings is 1. The smallest absolute Gasteiger partial charge is 0.340 e. The normalized spacial score (nSPS) is 11.3. The quantitative estimate of drug-likeness (QED) is 0.575. The van der Waals surface area contributed by atoms with E-state index in [4.69, 9.17) is 5.84 Å². The van der Waals surface area contributed by atoms with Gasteiger partial charge in [-0.1, -0.05) is 22.0 Å². The zero-order chi connectivity index (χ0) is 15.6. The summed E-state index contributed by atoms with van der Waals surface area (Å²) >= 11 is 3.35. The van der Waals surface area contributed by atoms with Crippen LogP contribution in [0.15, 0.2) is 28.7 Å². The fourth-order valence-corrected chi connectivity index (χ4v) is 1.96. The van der Waals surface area contributed by atoms with Crippen LogP contribution in [0.1, 0.15) is 11.4 Å². The highest BCUT2D eigenvalue weighted by molar-refractivity contribution is 9.10. The van der Waals surface area contributed by atoms with Gasteiger partial charge in [-0.2, -0.15) is 13.2 Å². The highest BCUT2D eigenvalue weighted by Crippen LogP contribution is 2.30. The molecule has 0 saturated heterocycles. The summed E-state index contributed by atoms with van der Waals surface area (Å²) in [6.45, 7) is 1.82. The number of hydrogen-bond acceptors (Lipinski definition) is 5. The third kappa shape index (κ3) is 3.61. The number of anilines is 3. The van der Waals surface area contributed by atoms with Crippen LogP contribution in [0.2, 0.25) is 0 Å². The molecule has 2 rings (SSSR count). The summed E-state index contributed by atoms with van der Waals surface area (Å²) in [7, 11) is 0. The molecule has 0 radical (unpaired) electrons. The van der Waals surface area contributed by atoms with Crippen molar-refractivity contribution in [2.75, 3.05) is 10.7 Å². The van der Waals surface area contributed by atoms with Gasteiger partial charge in [-0.25, -0.2) is 15.8 Å². The summed E-state index contributed by atoms with van der Waals surface area (Å²) in [4.78, 5) is 6.74. The minimum absolute atomic E-state index is 0.00789. The van der Waals surface area contributed by atoms with E-state index in [0.29, 0.717) is 5.69 Å². The maximum absolute atomic E-state index is 12.7. The van der Waals surface area contributed by atoms with Crippen LogP contribution in [0.3, 0.4) is 0 Å². The summed E-state index contributed by atoms with van der Waals surface area (Å²) in [6, 6.07) is 6.60. The summed E-state index contributed by atoms with van der Waals surface area (Å²) in [6.07, 6.45) is -4.66. The van der Waals surface area contributed by atoms with Gasteiger partial charge < -0.3 is 10.7 Å². The highest BCUT2D eigenvalue weighted by atomic mass is 79.9. The average molecular weight is 362 g/mol. The Bertz CT molecular complexity index is 660. The molecule has 1 heterocycles. The zero-order valence-corrected chi connectivity index (χ0v) is 12.4. The molecule has 0 aliphatic rings. The SMILES string of the molecule is Cc1c(Br)cccc1Nc1cc(NN)nc(C(F)(F)F)n1. The van der Waals surface area contributed by atoms with Crippen molar-refractivity contribution in [1.82, 2.24) is 9.97 Å². The van der Waals surface area contributed by atoms with E-state index >= 15 is 0 Å². The van der Waals surface area contributed by atoms with Crippen molar-refractivity contribution >= 4 is 33.3 Å². The van der Waals surface area contributed by atoms with Crippen molar-refractivity contribution in [3.63, 3.8) is 0 Å². The van der Waals surface area contributed by atoms with E-state index in [1.165, 1.54) is 6.07 Å². The molecule has 4 N–H and O–H groups in total. The van der Waals surface area contributed by atoms with Crippen molar-refractivity contribution in [3.8, 4) is 0 Å². The first-order valence-corrected chi connectivity index (χ1v) is 6.55. The van der Waals surface area contributed by atoms with Crippen LogP contribution in [-0.2, 0) is 6.18 Å². The van der Waals surface area contributed by atoms with Gasteiger partial charge in [0.25, 0.3) is 0 Å². The van der Waals surface area contributed by atoms with E-state index in [1.54, 1.807) is 12.1 Å². The molecule has 21 heavy (non-hydrogen) atoms. The summed E-state index contributed by atoms with van der Waals surface area (Å²) in [5.74, 6) is 3.73. The number of nitrogens with one attached hydrogen (secondary N) is 2. The van der Waals surface area contributed by atoms with Crippen LogP contribution >= 0.6 is 15.9 Å². The van der Waals surface area contributed by atoms with Crippen molar-refractivity contribution in [2.45, 2.75) is 13.1 Å². The number of rotatable bonds is 3. The van der Waals surface area contributed by atoms with Gasteiger partial charge >= 0.3 is 6.18 Å². The third-order valence-electron chi connectivity index (χ3n) is 2.66. The number of aromatic nitrogens is 2. The fourth-order valence-electron chi connectivity index (χ4n) is 1.59. The van der Waals surface area contributed by atoms with Gasteiger partial charge in [-0.05, 0) is 24.6 Å². The Balaban J connectivity index is 2.42. The summed E-state index contributed by atoms with van der Waals surface area (Å²) in [5.41, 5.74) is 3.56. The monoisotopic (exact) mass is 361 g/mol. The number of nitrogens with zero attached hydrogens (tertiary/aromatic N) is 2. The van der Waals surface area contributed by atoms with Gasteiger partial charge in [0.2, 0.25) is 5.82 Å². The number of nitrogens with two attached hydrogens (primary N) is 1. The number of nitrogen functional groups attached to an aromatic ring is 1. The molecular weight excluding hydrogens is 351 g/mol. The van der Waals surface area contributed by atoms with Gasteiger partial charge in [-0.3, -0.25) is 0 Å². The van der Waals surface area contributed by atoms with E-state index in [2.05, 4.69) is 36.6 Å². The Morgan fingerprint density at radius 2 is 1.86 bits per heavy atom. The molecule has 112 valence electrons. The fraction of sp³-hybridized carbons (Fsp3) is 0.167. The first-order valence-electron chi connectivity index (χ1n) is 5.76.